The van der Waals surface area contributed by atoms with E-state index in [-0.39, 0.29) is 0 Å². The van der Waals surface area contributed by atoms with Gasteiger partial charge in [-0.3, -0.25) is 0 Å². The van der Waals surface area contributed by atoms with E-state index in [9.17, 15) is 0 Å². The average Bonchev–Trinajstić information content (AvgIpc) is 2.37. The number of nitrogens with one attached hydrogen (secondary N) is 1. The Labute approximate surface area is 120 Å². The molecule has 0 aromatic carbocycles. The Morgan fingerprint density at radius 2 is 1.53 bits per heavy atom. The van der Waals surface area contributed by atoms with E-state index < -0.39 is 0 Å². The topological polar surface area (TPSA) is 15.3 Å². The Kier molecular flexibility index (Phi) is 5.30. The second-order valence-electron chi connectivity index (χ2n) is 8.07. The maximum atomic E-state index is 3.86. The van der Waals surface area contributed by atoms with E-state index in [1.807, 2.05) is 0 Å². The standard InChI is InChI=1S/C17H34N2/c1-17(2,3)15-5-7-16(8-6-15)18-13-14-9-11-19(4)12-10-14/h14-16,18H,5-13H2,1-4H3. The summed E-state index contributed by atoms with van der Waals surface area (Å²) < 4.78 is 0. The van der Waals surface area contributed by atoms with Crippen LogP contribution in [-0.2, 0) is 0 Å². The second kappa shape index (κ2) is 6.58. The van der Waals surface area contributed by atoms with Gasteiger partial charge in [0.25, 0.3) is 0 Å². The van der Waals surface area contributed by atoms with E-state index in [1.54, 1.807) is 0 Å². The van der Waals surface area contributed by atoms with Crippen molar-refractivity contribution in [1.82, 2.24) is 10.2 Å². The van der Waals surface area contributed by atoms with Crippen molar-refractivity contribution in [3.05, 3.63) is 0 Å². The molecule has 2 nitrogen and oxygen atoms in total. The largest absolute Gasteiger partial charge is 0.314 e. The summed E-state index contributed by atoms with van der Waals surface area (Å²) in [6.45, 7) is 11.1. The summed E-state index contributed by atoms with van der Waals surface area (Å²) in [4.78, 5) is 2.46. The highest BCUT2D eigenvalue weighted by Crippen LogP contribution is 2.37. The summed E-state index contributed by atoms with van der Waals surface area (Å²) in [5.41, 5.74) is 0.513. The number of nitrogens with zero attached hydrogens (tertiary/aromatic N) is 1. The zero-order valence-electron chi connectivity index (χ0n) is 13.5. The van der Waals surface area contributed by atoms with E-state index in [1.165, 1.54) is 58.2 Å². The van der Waals surface area contributed by atoms with E-state index in [2.05, 4.69) is 38.0 Å². The first-order valence-corrected chi connectivity index (χ1v) is 8.37. The van der Waals surface area contributed by atoms with Gasteiger partial charge in [-0.25, -0.2) is 0 Å². The summed E-state index contributed by atoms with van der Waals surface area (Å²) in [7, 11) is 2.25. The van der Waals surface area contributed by atoms with Gasteiger partial charge in [-0.1, -0.05) is 20.8 Å². The highest BCUT2D eigenvalue weighted by molar-refractivity contribution is 4.84. The first kappa shape index (κ1) is 15.3. The minimum absolute atomic E-state index is 0.513. The molecule has 0 aromatic rings. The lowest BCUT2D eigenvalue weighted by molar-refractivity contribution is 0.153. The Morgan fingerprint density at radius 1 is 0.947 bits per heavy atom. The maximum absolute atomic E-state index is 3.86. The third-order valence-electron chi connectivity index (χ3n) is 5.49. The molecule has 1 saturated heterocycles. The third-order valence-corrected chi connectivity index (χ3v) is 5.49. The molecule has 1 heterocycles. The maximum Gasteiger partial charge on any atom is 0.00673 e. The van der Waals surface area contributed by atoms with E-state index >= 15 is 0 Å². The van der Waals surface area contributed by atoms with Crippen molar-refractivity contribution >= 4 is 0 Å². The van der Waals surface area contributed by atoms with Gasteiger partial charge in [-0.05, 0) is 82.5 Å². The van der Waals surface area contributed by atoms with Gasteiger partial charge in [-0.15, -0.1) is 0 Å². The molecule has 112 valence electrons. The molecule has 1 aliphatic heterocycles. The molecule has 0 atom stereocenters. The molecular formula is C17H34N2. The van der Waals surface area contributed by atoms with Gasteiger partial charge in [0.05, 0.1) is 0 Å². The van der Waals surface area contributed by atoms with Crippen molar-refractivity contribution in [2.45, 2.75) is 65.3 Å². The lowest BCUT2D eigenvalue weighted by atomic mass is 9.71. The SMILES string of the molecule is CN1CCC(CNC2CCC(C(C)(C)C)CC2)CC1. The lowest BCUT2D eigenvalue weighted by Crippen LogP contribution is -2.41. The van der Waals surface area contributed by atoms with Gasteiger partial charge < -0.3 is 10.2 Å². The van der Waals surface area contributed by atoms with Crippen LogP contribution in [0.5, 0.6) is 0 Å². The first-order valence-electron chi connectivity index (χ1n) is 8.37. The first-order chi connectivity index (χ1) is 8.95. The minimum atomic E-state index is 0.513. The van der Waals surface area contributed by atoms with Crippen LogP contribution in [0.2, 0.25) is 0 Å². The minimum Gasteiger partial charge on any atom is -0.314 e. The number of hydrogen-bond acceptors (Lipinski definition) is 2. The summed E-state index contributed by atoms with van der Waals surface area (Å²) in [6.07, 6.45) is 8.42. The molecule has 0 aromatic heterocycles. The Bertz CT molecular complexity index is 253. The molecule has 2 aliphatic rings. The molecule has 0 radical (unpaired) electrons. The normalized spacial score (nSPS) is 31.6. The quantitative estimate of drug-likeness (QED) is 0.841. The van der Waals surface area contributed by atoms with Gasteiger partial charge in [0.15, 0.2) is 0 Å². The average molecular weight is 266 g/mol. The van der Waals surface area contributed by atoms with Crippen LogP contribution in [0.4, 0.5) is 0 Å². The van der Waals surface area contributed by atoms with Crippen molar-refractivity contribution in [1.29, 1.82) is 0 Å². The zero-order valence-corrected chi connectivity index (χ0v) is 13.5. The Morgan fingerprint density at radius 3 is 2.05 bits per heavy atom. The van der Waals surface area contributed by atoms with Crippen molar-refractivity contribution in [3.8, 4) is 0 Å². The molecule has 2 fully saturated rings. The van der Waals surface area contributed by atoms with Crippen molar-refractivity contribution in [3.63, 3.8) is 0 Å². The molecule has 0 unspecified atom stereocenters. The van der Waals surface area contributed by atoms with Crippen LogP contribution in [0, 0.1) is 17.3 Å². The zero-order chi connectivity index (χ0) is 13.9. The molecule has 2 heteroatoms. The highest BCUT2D eigenvalue weighted by Gasteiger charge is 2.29. The number of hydrogen-bond donors (Lipinski definition) is 1. The van der Waals surface area contributed by atoms with Crippen LogP contribution in [0.15, 0.2) is 0 Å². The molecule has 1 aliphatic carbocycles. The van der Waals surface area contributed by atoms with E-state index in [0.29, 0.717) is 5.41 Å². The number of likely N-dealkylation sites (tertiary alicyclic amines) is 1. The molecule has 1 saturated carbocycles. The van der Waals surface area contributed by atoms with Crippen molar-refractivity contribution in [2.24, 2.45) is 17.3 Å². The van der Waals surface area contributed by atoms with E-state index in [0.717, 1.165) is 17.9 Å². The third kappa shape index (κ3) is 4.75. The smallest absolute Gasteiger partial charge is 0.00673 e. The molecule has 0 bridgehead atoms. The van der Waals surface area contributed by atoms with Gasteiger partial charge in [0.1, 0.15) is 0 Å². The predicted molar refractivity (Wildman–Crippen MR) is 83.4 cm³/mol. The highest BCUT2D eigenvalue weighted by atomic mass is 15.1. The van der Waals surface area contributed by atoms with Crippen molar-refractivity contribution < 1.29 is 0 Å². The summed E-state index contributed by atoms with van der Waals surface area (Å²) in [6, 6.07) is 0.804. The summed E-state index contributed by atoms with van der Waals surface area (Å²) in [5, 5.41) is 3.86. The van der Waals surface area contributed by atoms with Crippen LogP contribution in [0.3, 0.4) is 0 Å². The molecule has 2 rings (SSSR count). The van der Waals surface area contributed by atoms with Crippen LogP contribution in [0.1, 0.15) is 59.3 Å². The van der Waals surface area contributed by atoms with Gasteiger partial charge in [0, 0.05) is 6.04 Å². The van der Waals surface area contributed by atoms with Crippen molar-refractivity contribution in [2.75, 3.05) is 26.7 Å². The predicted octanol–water partition coefficient (Wildman–Crippen LogP) is 3.52. The van der Waals surface area contributed by atoms with Gasteiger partial charge in [-0.2, -0.15) is 0 Å². The second-order valence-corrected chi connectivity index (χ2v) is 8.07. The summed E-state index contributed by atoms with van der Waals surface area (Å²) in [5.74, 6) is 1.87. The fourth-order valence-electron chi connectivity index (χ4n) is 3.76. The van der Waals surface area contributed by atoms with Crippen LogP contribution >= 0.6 is 0 Å². The molecular weight excluding hydrogens is 232 g/mol. The number of rotatable bonds is 3. The summed E-state index contributed by atoms with van der Waals surface area (Å²) >= 11 is 0. The number of piperidine rings is 1. The monoisotopic (exact) mass is 266 g/mol. The van der Waals surface area contributed by atoms with Crippen LogP contribution in [0.25, 0.3) is 0 Å². The molecule has 0 amide bonds. The Balaban J connectivity index is 1.63. The van der Waals surface area contributed by atoms with E-state index in [4.69, 9.17) is 0 Å². The van der Waals surface area contributed by atoms with Gasteiger partial charge in [0.2, 0.25) is 0 Å². The van der Waals surface area contributed by atoms with Gasteiger partial charge >= 0.3 is 0 Å². The fourth-order valence-corrected chi connectivity index (χ4v) is 3.76. The van der Waals surface area contributed by atoms with Crippen LogP contribution in [-0.4, -0.2) is 37.6 Å². The molecule has 1 N–H and O–H groups in total. The fraction of sp³-hybridized carbons (Fsp3) is 1.00. The van der Waals surface area contributed by atoms with Crippen LogP contribution < -0.4 is 5.32 Å². The Hall–Kier alpha value is -0.0800. The lowest BCUT2D eigenvalue weighted by Gasteiger charge is -2.38. The molecule has 19 heavy (non-hydrogen) atoms. The molecule has 0 spiro atoms.